The van der Waals surface area contributed by atoms with Crippen LogP contribution >= 0.6 is 0 Å². The lowest BCUT2D eigenvalue weighted by Crippen LogP contribution is -2.57. The molecule has 0 aromatic rings. The second-order valence-corrected chi connectivity index (χ2v) is 7.34. The van der Waals surface area contributed by atoms with Gasteiger partial charge in [0.2, 0.25) is 0 Å². The molecule has 1 saturated carbocycles. The highest BCUT2D eigenvalue weighted by molar-refractivity contribution is 4.85. The average Bonchev–Trinajstić information content (AvgIpc) is 2.38. The highest BCUT2D eigenvalue weighted by atomic mass is 15.2. The molecule has 2 fully saturated rings. The Balaban J connectivity index is 1.84. The Hall–Kier alpha value is -0.0800. The molecule has 2 aliphatic rings. The number of hydrogen-bond donors (Lipinski definition) is 1. The Morgan fingerprint density at radius 3 is 1.50 bits per heavy atom. The second kappa shape index (κ2) is 9.04. The van der Waals surface area contributed by atoms with Crippen LogP contribution < -0.4 is 5.32 Å². The Kier molecular flexibility index (Phi) is 7.37. The van der Waals surface area contributed by atoms with Gasteiger partial charge in [0, 0.05) is 31.2 Å². The van der Waals surface area contributed by atoms with Crippen LogP contribution in [0.3, 0.4) is 0 Å². The van der Waals surface area contributed by atoms with Gasteiger partial charge in [0.25, 0.3) is 0 Å². The van der Waals surface area contributed by atoms with E-state index >= 15 is 0 Å². The van der Waals surface area contributed by atoms with E-state index in [1.54, 1.807) is 0 Å². The minimum atomic E-state index is 0.667. The van der Waals surface area contributed by atoms with Gasteiger partial charge in [-0.05, 0) is 26.7 Å². The molecule has 118 valence electrons. The van der Waals surface area contributed by atoms with E-state index in [-0.39, 0.29) is 0 Å². The number of piperazine rings is 1. The van der Waals surface area contributed by atoms with Crippen LogP contribution in [0.15, 0.2) is 0 Å². The van der Waals surface area contributed by atoms with Gasteiger partial charge >= 0.3 is 0 Å². The topological polar surface area (TPSA) is 15.3 Å². The van der Waals surface area contributed by atoms with Gasteiger partial charge in [-0.15, -0.1) is 0 Å². The minimum absolute atomic E-state index is 0.667. The summed E-state index contributed by atoms with van der Waals surface area (Å²) in [6, 6.07) is 2.20. The van der Waals surface area contributed by atoms with E-state index in [0.717, 1.165) is 6.04 Å². The summed E-state index contributed by atoms with van der Waals surface area (Å²) >= 11 is 0. The van der Waals surface area contributed by atoms with E-state index < -0.39 is 0 Å². The first kappa shape index (κ1) is 16.3. The summed E-state index contributed by atoms with van der Waals surface area (Å²) < 4.78 is 0. The molecule has 2 heteroatoms. The zero-order valence-corrected chi connectivity index (χ0v) is 13.9. The van der Waals surface area contributed by atoms with Crippen molar-refractivity contribution in [3.63, 3.8) is 0 Å². The van der Waals surface area contributed by atoms with Crippen LogP contribution in [-0.2, 0) is 0 Å². The molecule has 0 radical (unpaired) electrons. The maximum Gasteiger partial charge on any atom is 0.0169 e. The molecule has 1 aliphatic carbocycles. The quantitative estimate of drug-likeness (QED) is 0.768. The number of hydrogen-bond acceptors (Lipinski definition) is 2. The van der Waals surface area contributed by atoms with Crippen molar-refractivity contribution in [1.29, 1.82) is 0 Å². The van der Waals surface area contributed by atoms with Crippen molar-refractivity contribution in [1.82, 2.24) is 10.2 Å². The van der Waals surface area contributed by atoms with Crippen LogP contribution in [0.25, 0.3) is 0 Å². The second-order valence-electron chi connectivity index (χ2n) is 7.34. The molecule has 0 aromatic carbocycles. The van der Waals surface area contributed by atoms with Gasteiger partial charge < -0.3 is 5.32 Å². The Bertz CT molecular complexity index is 232. The third kappa shape index (κ3) is 5.73. The molecular formula is C18H36N2. The van der Waals surface area contributed by atoms with Crippen molar-refractivity contribution in [2.24, 2.45) is 0 Å². The zero-order chi connectivity index (χ0) is 14.2. The van der Waals surface area contributed by atoms with Crippen molar-refractivity contribution < 1.29 is 0 Å². The lowest BCUT2D eigenvalue weighted by atomic mass is 9.95. The normalized spacial score (nSPS) is 33.3. The van der Waals surface area contributed by atoms with Crippen LogP contribution in [0, 0.1) is 0 Å². The van der Waals surface area contributed by atoms with Crippen molar-refractivity contribution >= 4 is 0 Å². The number of nitrogens with one attached hydrogen (secondary N) is 1. The van der Waals surface area contributed by atoms with E-state index in [2.05, 4.69) is 24.1 Å². The molecule has 2 atom stereocenters. The molecule has 0 bridgehead atoms. The van der Waals surface area contributed by atoms with Gasteiger partial charge in [0.1, 0.15) is 0 Å². The summed E-state index contributed by atoms with van der Waals surface area (Å²) in [7, 11) is 0. The SMILES string of the molecule is CC1CN(C2CCCCCCCCCCC2)CC(C)N1. The zero-order valence-electron chi connectivity index (χ0n) is 13.9. The average molecular weight is 280 g/mol. The number of nitrogens with zero attached hydrogens (tertiary/aromatic N) is 1. The monoisotopic (exact) mass is 280 g/mol. The lowest BCUT2D eigenvalue weighted by Gasteiger charge is -2.41. The molecule has 1 aliphatic heterocycles. The van der Waals surface area contributed by atoms with Gasteiger partial charge in [-0.1, -0.05) is 57.8 Å². The first-order valence-electron chi connectivity index (χ1n) is 9.26. The highest BCUT2D eigenvalue weighted by Crippen LogP contribution is 2.22. The largest absolute Gasteiger partial charge is 0.309 e. The maximum absolute atomic E-state index is 3.68. The van der Waals surface area contributed by atoms with Crippen LogP contribution in [0.1, 0.15) is 84.5 Å². The van der Waals surface area contributed by atoms with E-state index in [4.69, 9.17) is 0 Å². The summed E-state index contributed by atoms with van der Waals surface area (Å²) in [5.74, 6) is 0. The Labute approximate surface area is 126 Å². The fraction of sp³-hybridized carbons (Fsp3) is 1.00. The molecule has 1 heterocycles. The minimum Gasteiger partial charge on any atom is -0.309 e. The van der Waals surface area contributed by atoms with E-state index in [1.807, 2.05) is 0 Å². The van der Waals surface area contributed by atoms with Crippen molar-refractivity contribution in [2.75, 3.05) is 13.1 Å². The molecule has 1 N–H and O–H groups in total. The van der Waals surface area contributed by atoms with Gasteiger partial charge in [-0.3, -0.25) is 4.90 Å². The molecule has 2 unspecified atom stereocenters. The van der Waals surface area contributed by atoms with Crippen LogP contribution in [0.2, 0.25) is 0 Å². The molecule has 0 aromatic heterocycles. The van der Waals surface area contributed by atoms with Gasteiger partial charge in [-0.25, -0.2) is 0 Å². The predicted molar refractivity (Wildman–Crippen MR) is 88.2 cm³/mol. The molecule has 0 spiro atoms. The smallest absolute Gasteiger partial charge is 0.0169 e. The van der Waals surface area contributed by atoms with Crippen LogP contribution in [0.4, 0.5) is 0 Å². The third-order valence-corrected chi connectivity index (χ3v) is 5.18. The standard InChI is InChI=1S/C18H36N2/c1-16-14-20(15-17(2)19-16)18-12-10-8-6-4-3-5-7-9-11-13-18/h16-19H,3-15H2,1-2H3. The maximum atomic E-state index is 3.68. The molecular weight excluding hydrogens is 244 g/mol. The van der Waals surface area contributed by atoms with Crippen LogP contribution in [-0.4, -0.2) is 36.1 Å². The third-order valence-electron chi connectivity index (χ3n) is 5.18. The van der Waals surface area contributed by atoms with Gasteiger partial charge in [0.05, 0.1) is 0 Å². The molecule has 2 nitrogen and oxygen atoms in total. The summed E-state index contributed by atoms with van der Waals surface area (Å²) in [4.78, 5) is 2.80. The molecule has 20 heavy (non-hydrogen) atoms. The first-order valence-corrected chi connectivity index (χ1v) is 9.26. The fourth-order valence-electron chi connectivity index (χ4n) is 4.17. The first-order chi connectivity index (χ1) is 9.75. The molecule has 1 saturated heterocycles. The van der Waals surface area contributed by atoms with E-state index in [9.17, 15) is 0 Å². The summed E-state index contributed by atoms with van der Waals surface area (Å²) in [6.07, 6.45) is 16.1. The number of rotatable bonds is 1. The van der Waals surface area contributed by atoms with E-state index in [1.165, 1.54) is 83.7 Å². The van der Waals surface area contributed by atoms with Crippen molar-refractivity contribution in [2.45, 2.75) is 103 Å². The predicted octanol–water partition coefficient (Wildman–Crippen LogP) is 4.34. The van der Waals surface area contributed by atoms with Crippen molar-refractivity contribution in [3.8, 4) is 0 Å². The van der Waals surface area contributed by atoms with Gasteiger partial charge in [-0.2, -0.15) is 0 Å². The lowest BCUT2D eigenvalue weighted by molar-refractivity contribution is 0.107. The highest BCUT2D eigenvalue weighted by Gasteiger charge is 2.26. The Morgan fingerprint density at radius 1 is 0.650 bits per heavy atom. The summed E-state index contributed by atoms with van der Waals surface area (Å²) in [5, 5.41) is 3.68. The summed E-state index contributed by atoms with van der Waals surface area (Å²) in [5.41, 5.74) is 0. The molecule has 0 amide bonds. The Morgan fingerprint density at radius 2 is 1.05 bits per heavy atom. The fourth-order valence-corrected chi connectivity index (χ4v) is 4.17. The summed E-state index contributed by atoms with van der Waals surface area (Å²) in [6.45, 7) is 7.21. The molecule has 2 rings (SSSR count). The van der Waals surface area contributed by atoms with Crippen molar-refractivity contribution in [3.05, 3.63) is 0 Å². The van der Waals surface area contributed by atoms with Gasteiger partial charge in [0.15, 0.2) is 0 Å². The van der Waals surface area contributed by atoms with Crippen LogP contribution in [0.5, 0.6) is 0 Å². The van der Waals surface area contributed by atoms with E-state index in [0.29, 0.717) is 12.1 Å².